The van der Waals surface area contributed by atoms with Crippen molar-refractivity contribution in [3.8, 4) is 0 Å². The van der Waals surface area contributed by atoms with Crippen LogP contribution in [-0.2, 0) is 11.3 Å². The molecule has 6 nitrogen and oxygen atoms in total. The molecule has 1 aliphatic heterocycles. The molecule has 1 fully saturated rings. The highest BCUT2D eigenvalue weighted by molar-refractivity contribution is 5.96. The molecule has 2 amide bonds. The van der Waals surface area contributed by atoms with Gasteiger partial charge in [-0.25, -0.2) is 0 Å². The van der Waals surface area contributed by atoms with E-state index in [0.717, 1.165) is 25.9 Å². The summed E-state index contributed by atoms with van der Waals surface area (Å²) in [5.41, 5.74) is 1.24. The minimum atomic E-state index is -0.177. The number of anilines is 1. The van der Waals surface area contributed by atoms with Crippen molar-refractivity contribution in [3.05, 3.63) is 54.0 Å². The van der Waals surface area contributed by atoms with Crippen LogP contribution in [0.1, 0.15) is 41.8 Å². The second-order valence-corrected chi connectivity index (χ2v) is 6.58. The van der Waals surface area contributed by atoms with E-state index >= 15 is 0 Å². The van der Waals surface area contributed by atoms with Crippen LogP contribution in [-0.4, -0.2) is 36.3 Å². The summed E-state index contributed by atoms with van der Waals surface area (Å²) in [5.74, 6) is 0.515. The second-order valence-electron chi connectivity index (χ2n) is 6.58. The van der Waals surface area contributed by atoms with E-state index in [1.807, 2.05) is 6.07 Å². The van der Waals surface area contributed by atoms with E-state index in [4.69, 9.17) is 4.42 Å². The quantitative estimate of drug-likeness (QED) is 0.835. The molecule has 2 aromatic rings. The third kappa shape index (κ3) is 5.46. The first-order chi connectivity index (χ1) is 12.7. The first-order valence-electron chi connectivity index (χ1n) is 9.13. The maximum Gasteiger partial charge on any atom is 0.251 e. The first kappa shape index (κ1) is 18.2. The maximum atomic E-state index is 12.2. The van der Waals surface area contributed by atoms with Gasteiger partial charge in [0.2, 0.25) is 5.91 Å². The van der Waals surface area contributed by atoms with Gasteiger partial charge in [-0.05, 0) is 62.3 Å². The molecular weight excluding hydrogens is 330 g/mol. The largest absolute Gasteiger partial charge is 0.467 e. The zero-order valence-electron chi connectivity index (χ0n) is 14.9. The van der Waals surface area contributed by atoms with Gasteiger partial charge in [0.05, 0.1) is 19.4 Å². The SMILES string of the molecule is O=C(CN1CCCCCC1)Nc1ccc(C(=O)NCc2ccco2)cc1. The molecule has 0 aliphatic carbocycles. The molecule has 1 saturated heterocycles. The normalized spacial score (nSPS) is 15.2. The van der Waals surface area contributed by atoms with E-state index in [2.05, 4.69) is 15.5 Å². The van der Waals surface area contributed by atoms with Crippen LogP contribution in [0.2, 0.25) is 0 Å². The molecule has 0 spiro atoms. The van der Waals surface area contributed by atoms with Gasteiger partial charge in [0, 0.05) is 11.3 Å². The number of nitrogens with one attached hydrogen (secondary N) is 2. The molecule has 26 heavy (non-hydrogen) atoms. The van der Waals surface area contributed by atoms with Crippen LogP contribution in [0.5, 0.6) is 0 Å². The summed E-state index contributed by atoms with van der Waals surface area (Å²) < 4.78 is 5.19. The third-order valence-electron chi connectivity index (χ3n) is 4.50. The number of amides is 2. The highest BCUT2D eigenvalue weighted by Gasteiger charge is 2.13. The summed E-state index contributed by atoms with van der Waals surface area (Å²) in [6.07, 6.45) is 6.40. The van der Waals surface area contributed by atoms with Gasteiger partial charge in [-0.1, -0.05) is 12.8 Å². The van der Waals surface area contributed by atoms with E-state index in [1.165, 1.54) is 12.8 Å². The molecule has 2 heterocycles. The van der Waals surface area contributed by atoms with Crippen molar-refractivity contribution < 1.29 is 14.0 Å². The van der Waals surface area contributed by atoms with Gasteiger partial charge in [0.15, 0.2) is 0 Å². The fourth-order valence-corrected chi connectivity index (χ4v) is 3.09. The van der Waals surface area contributed by atoms with Crippen LogP contribution in [0.15, 0.2) is 47.1 Å². The summed E-state index contributed by atoms with van der Waals surface area (Å²) in [4.78, 5) is 26.5. The minimum absolute atomic E-state index is 0.0121. The lowest BCUT2D eigenvalue weighted by atomic mass is 10.2. The number of hydrogen-bond acceptors (Lipinski definition) is 4. The minimum Gasteiger partial charge on any atom is -0.467 e. The molecule has 0 unspecified atom stereocenters. The van der Waals surface area contributed by atoms with E-state index in [9.17, 15) is 9.59 Å². The number of carbonyl (C=O) groups is 2. The number of likely N-dealkylation sites (tertiary alicyclic amines) is 1. The Morgan fingerprint density at radius 1 is 1.00 bits per heavy atom. The Morgan fingerprint density at radius 3 is 2.38 bits per heavy atom. The average Bonchev–Trinajstić information content (AvgIpc) is 3.04. The van der Waals surface area contributed by atoms with Crippen LogP contribution in [0.3, 0.4) is 0 Å². The van der Waals surface area contributed by atoms with Gasteiger partial charge in [-0.3, -0.25) is 14.5 Å². The fourth-order valence-electron chi connectivity index (χ4n) is 3.09. The molecule has 1 aromatic heterocycles. The molecule has 1 aromatic carbocycles. The Kier molecular flexibility index (Phi) is 6.44. The van der Waals surface area contributed by atoms with Crippen molar-refractivity contribution in [2.24, 2.45) is 0 Å². The maximum absolute atomic E-state index is 12.2. The highest BCUT2D eigenvalue weighted by Crippen LogP contribution is 2.12. The molecule has 3 rings (SSSR count). The van der Waals surface area contributed by atoms with Crippen molar-refractivity contribution >= 4 is 17.5 Å². The van der Waals surface area contributed by atoms with Crippen molar-refractivity contribution in [2.75, 3.05) is 25.0 Å². The van der Waals surface area contributed by atoms with Crippen molar-refractivity contribution in [1.82, 2.24) is 10.2 Å². The standard InChI is InChI=1S/C20H25N3O3/c24-19(15-23-11-3-1-2-4-12-23)22-17-9-7-16(8-10-17)20(25)21-14-18-6-5-13-26-18/h5-10,13H,1-4,11-12,14-15H2,(H,21,25)(H,22,24). The predicted molar refractivity (Wildman–Crippen MR) is 99.9 cm³/mol. The van der Waals surface area contributed by atoms with Crippen LogP contribution >= 0.6 is 0 Å². The molecule has 0 saturated carbocycles. The number of hydrogen-bond donors (Lipinski definition) is 2. The van der Waals surface area contributed by atoms with Gasteiger partial charge < -0.3 is 15.1 Å². The van der Waals surface area contributed by atoms with E-state index < -0.39 is 0 Å². The Labute approximate surface area is 153 Å². The van der Waals surface area contributed by atoms with Gasteiger partial charge in [-0.2, -0.15) is 0 Å². The molecule has 6 heteroatoms. The van der Waals surface area contributed by atoms with Gasteiger partial charge in [0.25, 0.3) is 5.91 Å². The summed E-state index contributed by atoms with van der Waals surface area (Å²) in [6.45, 7) is 2.75. The van der Waals surface area contributed by atoms with Crippen molar-refractivity contribution in [3.63, 3.8) is 0 Å². The Bertz CT molecular complexity index is 702. The summed E-state index contributed by atoms with van der Waals surface area (Å²) in [5, 5.41) is 5.70. The molecule has 1 aliphatic rings. The average molecular weight is 355 g/mol. The van der Waals surface area contributed by atoms with Crippen LogP contribution in [0.25, 0.3) is 0 Å². The summed E-state index contributed by atoms with van der Waals surface area (Å²) in [6, 6.07) is 10.5. The van der Waals surface area contributed by atoms with Crippen molar-refractivity contribution in [1.29, 1.82) is 0 Å². The van der Waals surface area contributed by atoms with E-state index in [0.29, 0.717) is 30.1 Å². The van der Waals surface area contributed by atoms with Crippen LogP contribution in [0, 0.1) is 0 Å². The van der Waals surface area contributed by atoms with Gasteiger partial charge >= 0.3 is 0 Å². The highest BCUT2D eigenvalue weighted by atomic mass is 16.3. The molecule has 0 atom stereocenters. The molecule has 138 valence electrons. The monoisotopic (exact) mass is 355 g/mol. The lowest BCUT2D eigenvalue weighted by Crippen LogP contribution is -2.33. The smallest absolute Gasteiger partial charge is 0.251 e. The lowest BCUT2D eigenvalue weighted by molar-refractivity contribution is -0.117. The molecular formula is C20H25N3O3. The zero-order valence-corrected chi connectivity index (χ0v) is 14.9. The van der Waals surface area contributed by atoms with Crippen molar-refractivity contribution in [2.45, 2.75) is 32.2 Å². The van der Waals surface area contributed by atoms with E-state index in [-0.39, 0.29) is 11.8 Å². The number of nitrogens with zero attached hydrogens (tertiary/aromatic N) is 1. The Hall–Kier alpha value is -2.60. The van der Waals surface area contributed by atoms with Crippen LogP contribution < -0.4 is 10.6 Å². The topological polar surface area (TPSA) is 74.6 Å². The predicted octanol–water partition coefficient (Wildman–Crippen LogP) is 3.02. The zero-order chi connectivity index (χ0) is 18.2. The number of carbonyl (C=O) groups excluding carboxylic acids is 2. The molecule has 0 radical (unpaired) electrons. The molecule has 2 N–H and O–H groups in total. The number of furan rings is 1. The lowest BCUT2D eigenvalue weighted by Gasteiger charge is -2.19. The first-order valence-corrected chi connectivity index (χ1v) is 9.13. The summed E-state index contributed by atoms with van der Waals surface area (Å²) in [7, 11) is 0. The number of benzene rings is 1. The summed E-state index contributed by atoms with van der Waals surface area (Å²) >= 11 is 0. The second kappa shape index (κ2) is 9.20. The van der Waals surface area contributed by atoms with E-state index in [1.54, 1.807) is 36.6 Å². The Morgan fingerprint density at radius 2 is 1.73 bits per heavy atom. The number of rotatable bonds is 6. The van der Waals surface area contributed by atoms with Gasteiger partial charge in [-0.15, -0.1) is 0 Å². The van der Waals surface area contributed by atoms with Gasteiger partial charge in [0.1, 0.15) is 5.76 Å². The Balaban J connectivity index is 1.47. The van der Waals surface area contributed by atoms with Crippen LogP contribution in [0.4, 0.5) is 5.69 Å². The third-order valence-corrected chi connectivity index (χ3v) is 4.50. The fraction of sp³-hybridized carbons (Fsp3) is 0.400. The molecule has 0 bridgehead atoms.